The second-order valence-electron chi connectivity index (χ2n) is 4.17. The zero-order chi connectivity index (χ0) is 11.1. The summed E-state index contributed by atoms with van der Waals surface area (Å²) in [6.07, 6.45) is 2.13. The first-order valence-electron chi connectivity index (χ1n) is 5.56. The molecular weight excluding hydrogens is 192 g/mol. The van der Waals surface area contributed by atoms with E-state index < -0.39 is 5.54 Å². The molecular formula is C11H20N2O2. The van der Waals surface area contributed by atoms with E-state index in [0.29, 0.717) is 13.2 Å². The van der Waals surface area contributed by atoms with Crippen molar-refractivity contribution in [3.8, 4) is 6.07 Å². The molecule has 0 aliphatic carbocycles. The SMILES string of the molecule is CCCNC(C)(C#N)COC1CCOC1. The highest BCUT2D eigenvalue weighted by Gasteiger charge is 2.26. The molecule has 86 valence electrons. The number of ether oxygens (including phenoxy) is 2. The lowest BCUT2D eigenvalue weighted by Crippen LogP contribution is -2.46. The monoisotopic (exact) mass is 212 g/mol. The van der Waals surface area contributed by atoms with Crippen LogP contribution in [0.5, 0.6) is 0 Å². The molecule has 15 heavy (non-hydrogen) atoms. The highest BCUT2D eigenvalue weighted by Crippen LogP contribution is 2.11. The molecule has 1 aliphatic heterocycles. The number of nitrogens with one attached hydrogen (secondary N) is 1. The van der Waals surface area contributed by atoms with Crippen LogP contribution in [0.2, 0.25) is 0 Å². The molecule has 2 atom stereocenters. The van der Waals surface area contributed by atoms with Gasteiger partial charge in [-0.2, -0.15) is 5.26 Å². The van der Waals surface area contributed by atoms with Gasteiger partial charge in [0, 0.05) is 6.61 Å². The van der Waals surface area contributed by atoms with Gasteiger partial charge in [0.15, 0.2) is 0 Å². The summed E-state index contributed by atoms with van der Waals surface area (Å²) in [4.78, 5) is 0. The van der Waals surface area contributed by atoms with Crippen LogP contribution in [0.3, 0.4) is 0 Å². The summed E-state index contributed by atoms with van der Waals surface area (Å²) < 4.78 is 10.9. The number of hydrogen-bond acceptors (Lipinski definition) is 4. The fraction of sp³-hybridized carbons (Fsp3) is 0.909. The van der Waals surface area contributed by atoms with Crippen LogP contribution >= 0.6 is 0 Å². The first kappa shape index (κ1) is 12.4. The number of nitrogens with zero attached hydrogens (tertiary/aromatic N) is 1. The van der Waals surface area contributed by atoms with Gasteiger partial charge in [-0.1, -0.05) is 6.92 Å². The minimum atomic E-state index is -0.571. The van der Waals surface area contributed by atoms with Crippen molar-refractivity contribution < 1.29 is 9.47 Å². The highest BCUT2D eigenvalue weighted by atomic mass is 16.5. The summed E-state index contributed by atoms with van der Waals surface area (Å²) in [6, 6.07) is 2.26. The van der Waals surface area contributed by atoms with Crippen LogP contribution in [0.1, 0.15) is 26.7 Å². The summed E-state index contributed by atoms with van der Waals surface area (Å²) in [7, 11) is 0. The Hall–Kier alpha value is -0.630. The maximum absolute atomic E-state index is 9.06. The third-order valence-electron chi connectivity index (χ3n) is 2.51. The summed E-state index contributed by atoms with van der Waals surface area (Å²) in [5.74, 6) is 0. The van der Waals surface area contributed by atoms with Crippen molar-refractivity contribution in [1.82, 2.24) is 5.32 Å². The molecule has 1 rings (SSSR count). The fourth-order valence-electron chi connectivity index (χ4n) is 1.45. The largest absolute Gasteiger partial charge is 0.379 e. The summed E-state index contributed by atoms with van der Waals surface area (Å²) >= 11 is 0. The minimum Gasteiger partial charge on any atom is -0.379 e. The Labute approximate surface area is 91.6 Å². The molecule has 0 aromatic carbocycles. The molecule has 1 N–H and O–H groups in total. The van der Waals surface area contributed by atoms with Crippen LogP contribution in [-0.2, 0) is 9.47 Å². The molecule has 0 radical (unpaired) electrons. The molecule has 0 saturated carbocycles. The smallest absolute Gasteiger partial charge is 0.127 e. The van der Waals surface area contributed by atoms with Crippen LogP contribution in [0, 0.1) is 11.3 Å². The first-order valence-corrected chi connectivity index (χ1v) is 5.56. The van der Waals surface area contributed by atoms with E-state index in [4.69, 9.17) is 14.7 Å². The van der Waals surface area contributed by atoms with E-state index in [0.717, 1.165) is 26.0 Å². The van der Waals surface area contributed by atoms with Crippen molar-refractivity contribution in [2.75, 3.05) is 26.4 Å². The van der Waals surface area contributed by atoms with Gasteiger partial charge in [0.25, 0.3) is 0 Å². The van der Waals surface area contributed by atoms with Gasteiger partial charge in [-0.05, 0) is 26.3 Å². The molecule has 0 spiro atoms. The fourth-order valence-corrected chi connectivity index (χ4v) is 1.45. The summed E-state index contributed by atoms with van der Waals surface area (Å²) in [5, 5.41) is 12.3. The van der Waals surface area contributed by atoms with Crippen molar-refractivity contribution in [2.24, 2.45) is 0 Å². The zero-order valence-electron chi connectivity index (χ0n) is 9.58. The summed E-state index contributed by atoms with van der Waals surface area (Å²) in [6.45, 7) is 6.66. The second-order valence-corrected chi connectivity index (χ2v) is 4.17. The standard InChI is InChI=1S/C11H20N2O2/c1-3-5-13-11(2,8-12)9-15-10-4-6-14-7-10/h10,13H,3-7,9H2,1-2H3. The lowest BCUT2D eigenvalue weighted by molar-refractivity contribution is 0.0204. The van der Waals surface area contributed by atoms with Gasteiger partial charge in [-0.25, -0.2) is 0 Å². The highest BCUT2D eigenvalue weighted by molar-refractivity contribution is 5.03. The quantitative estimate of drug-likeness (QED) is 0.715. The second kappa shape index (κ2) is 6.06. The van der Waals surface area contributed by atoms with Crippen LogP contribution < -0.4 is 5.32 Å². The van der Waals surface area contributed by atoms with Crippen LogP contribution in [0.25, 0.3) is 0 Å². The van der Waals surface area contributed by atoms with Gasteiger partial charge < -0.3 is 9.47 Å². The van der Waals surface area contributed by atoms with Crippen molar-refractivity contribution in [1.29, 1.82) is 5.26 Å². The Morgan fingerprint density at radius 1 is 1.67 bits per heavy atom. The Balaban J connectivity index is 2.28. The maximum atomic E-state index is 9.06. The number of nitriles is 1. The van der Waals surface area contributed by atoms with Gasteiger partial charge in [0.2, 0.25) is 0 Å². The Kier molecular flexibility index (Phi) is 5.03. The lowest BCUT2D eigenvalue weighted by Gasteiger charge is -2.24. The maximum Gasteiger partial charge on any atom is 0.127 e. The van der Waals surface area contributed by atoms with E-state index in [1.165, 1.54) is 0 Å². The molecule has 0 aromatic rings. The van der Waals surface area contributed by atoms with Gasteiger partial charge in [0.05, 0.1) is 25.4 Å². The van der Waals surface area contributed by atoms with Crippen LogP contribution in [0.4, 0.5) is 0 Å². The van der Waals surface area contributed by atoms with Crippen molar-refractivity contribution in [2.45, 2.75) is 38.3 Å². The van der Waals surface area contributed by atoms with Crippen molar-refractivity contribution in [3.05, 3.63) is 0 Å². The molecule has 4 nitrogen and oxygen atoms in total. The predicted octanol–water partition coefficient (Wildman–Crippen LogP) is 1.07. The first-order chi connectivity index (χ1) is 7.20. The molecule has 1 saturated heterocycles. The average Bonchev–Trinajstić information content (AvgIpc) is 2.76. The molecule has 2 unspecified atom stereocenters. The number of hydrogen-bond donors (Lipinski definition) is 1. The number of rotatable bonds is 6. The normalized spacial score (nSPS) is 24.7. The molecule has 4 heteroatoms. The average molecular weight is 212 g/mol. The van der Waals surface area contributed by atoms with E-state index in [1.54, 1.807) is 0 Å². The van der Waals surface area contributed by atoms with E-state index in [1.807, 2.05) is 6.92 Å². The Bertz CT molecular complexity index is 221. The Morgan fingerprint density at radius 3 is 3.00 bits per heavy atom. The third-order valence-corrected chi connectivity index (χ3v) is 2.51. The van der Waals surface area contributed by atoms with Gasteiger partial charge in [-0.15, -0.1) is 0 Å². The molecule has 0 aromatic heterocycles. The van der Waals surface area contributed by atoms with Crippen LogP contribution in [-0.4, -0.2) is 38.0 Å². The topological polar surface area (TPSA) is 54.3 Å². The van der Waals surface area contributed by atoms with Gasteiger partial charge in [-0.3, -0.25) is 5.32 Å². The van der Waals surface area contributed by atoms with Gasteiger partial charge in [0.1, 0.15) is 5.54 Å². The minimum absolute atomic E-state index is 0.168. The van der Waals surface area contributed by atoms with E-state index in [-0.39, 0.29) is 6.10 Å². The molecule has 0 bridgehead atoms. The van der Waals surface area contributed by atoms with Gasteiger partial charge >= 0.3 is 0 Å². The molecule has 0 amide bonds. The molecule has 1 fully saturated rings. The Morgan fingerprint density at radius 2 is 2.47 bits per heavy atom. The van der Waals surface area contributed by atoms with Crippen molar-refractivity contribution in [3.63, 3.8) is 0 Å². The molecule has 1 heterocycles. The van der Waals surface area contributed by atoms with E-state index >= 15 is 0 Å². The van der Waals surface area contributed by atoms with E-state index in [2.05, 4.69) is 18.3 Å². The van der Waals surface area contributed by atoms with E-state index in [9.17, 15) is 0 Å². The van der Waals surface area contributed by atoms with Crippen LogP contribution in [0.15, 0.2) is 0 Å². The summed E-state index contributed by atoms with van der Waals surface area (Å²) in [5.41, 5.74) is -0.571. The predicted molar refractivity (Wildman–Crippen MR) is 57.5 cm³/mol. The zero-order valence-corrected chi connectivity index (χ0v) is 9.58. The molecule has 1 aliphatic rings. The lowest BCUT2D eigenvalue weighted by atomic mass is 10.1. The third kappa shape index (κ3) is 4.17. The van der Waals surface area contributed by atoms with Crippen molar-refractivity contribution >= 4 is 0 Å².